The van der Waals surface area contributed by atoms with Gasteiger partial charge in [0.05, 0.1) is 0 Å². The number of hydrogen-bond acceptors (Lipinski definition) is 2. The summed E-state index contributed by atoms with van der Waals surface area (Å²) in [5.41, 5.74) is 2.16. The average Bonchev–Trinajstić information content (AvgIpc) is 2.59. The van der Waals surface area contributed by atoms with Crippen molar-refractivity contribution >= 4 is 10.9 Å². The molecule has 0 spiro atoms. The van der Waals surface area contributed by atoms with Gasteiger partial charge < -0.3 is 4.98 Å². The maximum absolute atomic E-state index is 10.2. The summed E-state index contributed by atoms with van der Waals surface area (Å²) in [5, 5.41) is 11.3. The van der Waals surface area contributed by atoms with Gasteiger partial charge in [-0.3, -0.25) is 10.1 Å². The van der Waals surface area contributed by atoms with Gasteiger partial charge in [-0.25, -0.2) is 0 Å². The van der Waals surface area contributed by atoms with E-state index < -0.39 is 0 Å². The van der Waals surface area contributed by atoms with Crippen molar-refractivity contribution in [3.05, 3.63) is 46.1 Å². The van der Waals surface area contributed by atoms with Gasteiger partial charge in [0.1, 0.15) is 0 Å². The standard InChI is InChI=1S/C11H12N2O2/c14-13(15)7-3-5-10-8-9-4-1-2-6-11(9)12-10/h1-2,4,6,8,12H,3,5,7H2. The summed E-state index contributed by atoms with van der Waals surface area (Å²) < 4.78 is 0. The maximum atomic E-state index is 10.2. The topological polar surface area (TPSA) is 58.9 Å². The van der Waals surface area contributed by atoms with Crippen LogP contribution >= 0.6 is 0 Å². The molecule has 0 aliphatic carbocycles. The molecule has 1 N–H and O–H groups in total. The minimum atomic E-state index is -0.275. The molecule has 0 amide bonds. The van der Waals surface area contributed by atoms with Gasteiger partial charge in [0, 0.05) is 22.6 Å². The summed E-state index contributed by atoms with van der Waals surface area (Å²) in [6.07, 6.45) is 1.31. The predicted octanol–water partition coefficient (Wildman–Crippen LogP) is 2.38. The third kappa shape index (κ3) is 2.34. The molecule has 0 radical (unpaired) electrons. The highest BCUT2D eigenvalue weighted by Gasteiger charge is 2.02. The number of H-pyrrole nitrogens is 1. The van der Waals surface area contributed by atoms with E-state index in [1.165, 1.54) is 0 Å². The fraction of sp³-hybridized carbons (Fsp3) is 0.273. The van der Waals surface area contributed by atoms with Crippen LogP contribution in [-0.2, 0) is 6.42 Å². The third-order valence-corrected chi connectivity index (χ3v) is 2.37. The molecule has 2 rings (SSSR count). The molecule has 1 aromatic carbocycles. The Kier molecular flexibility index (Phi) is 2.67. The van der Waals surface area contributed by atoms with Crippen LogP contribution in [0.25, 0.3) is 10.9 Å². The Morgan fingerprint density at radius 1 is 1.33 bits per heavy atom. The molecule has 0 saturated carbocycles. The second-order valence-corrected chi connectivity index (χ2v) is 3.54. The lowest BCUT2D eigenvalue weighted by Gasteiger charge is -1.93. The zero-order chi connectivity index (χ0) is 10.7. The number of aromatic amines is 1. The number of rotatable bonds is 4. The van der Waals surface area contributed by atoms with Crippen LogP contribution in [0.1, 0.15) is 12.1 Å². The summed E-state index contributed by atoms with van der Waals surface area (Å²) in [4.78, 5) is 13.1. The number of nitro groups is 1. The molecule has 0 bridgehead atoms. The molecular weight excluding hydrogens is 192 g/mol. The largest absolute Gasteiger partial charge is 0.358 e. The first-order chi connectivity index (χ1) is 7.25. The molecular formula is C11H12N2O2. The molecule has 0 aliphatic rings. The van der Waals surface area contributed by atoms with E-state index >= 15 is 0 Å². The van der Waals surface area contributed by atoms with Crippen molar-refractivity contribution in [1.29, 1.82) is 0 Å². The van der Waals surface area contributed by atoms with E-state index in [0.29, 0.717) is 6.42 Å². The van der Waals surface area contributed by atoms with Crippen LogP contribution in [0.15, 0.2) is 30.3 Å². The van der Waals surface area contributed by atoms with Crippen molar-refractivity contribution in [3.63, 3.8) is 0 Å². The van der Waals surface area contributed by atoms with Gasteiger partial charge in [-0.15, -0.1) is 0 Å². The molecule has 15 heavy (non-hydrogen) atoms. The smallest absolute Gasteiger partial charge is 0.204 e. The molecule has 0 atom stereocenters. The zero-order valence-electron chi connectivity index (χ0n) is 8.27. The highest BCUT2D eigenvalue weighted by molar-refractivity contribution is 5.80. The summed E-state index contributed by atoms with van der Waals surface area (Å²) in [5.74, 6) is 0. The monoisotopic (exact) mass is 204 g/mol. The number of hydrogen-bond donors (Lipinski definition) is 1. The number of aromatic nitrogens is 1. The molecule has 78 valence electrons. The first-order valence-corrected chi connectivity index (χ1v) is 4.94. The Bertz CT molecular complexity index is 443. The minimum Gasteiger partial charge on any atom is -0.358 e. The molecule has 1 aromatic heterocycles. The minimum absolute atomic E-state index is 0.0371. The van der Waals surface area contributed by atoms with Crippen molar-refractivity contribution in [3.8, 4) is 0 Å². The van der Waals surface area contributed by atoms with E-state index in [-0.39, 0.29) is 11.5 Å². The fourth-order valence-corrected chi connectivity index (χ4v) is 1.67. The fourth-order valence-electron chi connectivity index (χ4n) is 1.67. The zero-order valence-corrected chi connectivity index (χ0v) is 8.27. The van der Waals surface area contributed by atoms with Crippen LogP contribution in [0, 0.1) is 10.1 Å². The first kappa shape index (κ1) is 9.71. The van der Waals surface area contributed by atoms with Crippen molar-refractivity contribution < 1.29 is 4.92 Å². The Labute approximate surface area is 87.1 Å². The number of para-hydroxylation sites is 1. The lowest BCUT2D eigenvalue weighted by atomic mass is 10.2. The van der Waals surface area contributed by atoms with Gasteiger partial charge in [0.25, 0.3) is 0 Å². The third-order valence-electron chi connectivity index (χ3n) is 2.37. The van der Waals surface area contributed by atoms with Gasteiger partial charge in [0.2, 0.25) is 6.54 Å². The Morgan fingerprint density at radius 3 is 2.87 bits per heavy atom. The highest BCUT2D eigenvalue weighted by Crippen LogP contribution is 2.15. The number of nitrogens with zero attached hydrogens (tertiary/aromatic N) is 1. The van der Waals surface area contributed by atoms with Crippen molar-refractivity contribution in [1.82, 2.24) is 4.98 Å². The number of fused-ring (bicyclic) bond motifs is 1. The Morgan fingerprint density at radius 2 is 2.13 bits per heavy atom. The van der Waals surface area contributed by atoms with Gasteiger partial charge in [-0.2, -0.15) is 0 Å². The molecule has 0 unspecified atom stereocenters. The van der Waals surface area contributed by atoms with Crippen LogP contribution in [-0.4, -0.2) is 16.5 Å². The van der Waals surface area contributed by atoms with E-state index in [1.54, 1.807) is 0 Å². The number of nitrogens with one attached hydrogen (secondary N) is 1. The highest BCUT2D eigenvalue weighted by atomic mass is 16.6. The Balaban J connectivity index is 2.05. The van der Waals surface area contributed by atoms with E-state index in [4.69, 9.17) is 0 Å². The van der Waals surface area contributed by atoms with Crippen molar-refractivity contribution in [2.45, 2.75) is 12.8 Å². The Hall–Kier alpha value is -1.84. The first-order valence-electron chi connectivity index (χ1n) is 4.94. The van der Waals surface area contributed by atoms with E-state index in [2.05, 4.69) is 11.1 Å². The van der Waals surface area contributed by atoms with Crippen molar-refractivity contribution in [2.75, 3.05) is 6.54 Å². The van der Waals surface area contributed by atoms with Gasteiger partial charge in [-0.1, -0.05) is 18.2 Å². The summed E-state index contributed by atoms with van der Waals surface area (Å²) in [7, 11) is 0. The number of aryl methyl sites for hydroxylation is 1. The van der Waals surface area contributed by atoms with Crippen LogP contribution < -0.4 is 0 Å². The summed E-state index contributed by atoms with van der Waals surface area (Å²) in [6.45, 7) is 0.0371. The summed E-state index contributed by atoms with van der Waals surface area (Å²) in [6, 6.07) is 10.0. The van der Waals surface area contributed by atoms with Crippen molar-refractivity contribution in [2.24, 2.45) is 0 Å². The van der Waals surface area contributed by atoms with Crippen LogP contribution in [0.3, 0.4) is 0 Å². The van der Waals surface area contributed by atoms with Gasteiger partial charge in [-0.05, 0) is 23.9 Å². The lowest BCUT2D eigenvalue weighted by Crippen LogP contribution is -2.01. The van der Waals surface area contributed by atoms with E-state index in [0.717, 1.165) is 23.0 Å². The van der Waals surface area contributed by atoms with Crippen LogP contribution in [0.2, 0.25) is 0 Å². The van der Waals surface area contributed by atoms with Crippen LogP contribution in [0.4, 0.5) is 0 Å². The molecule has 0 aliphatic heterocycles. The van der Waals surface area contributed by atoms with Crippen LogP contribution in [0.5, 0.6) is 0 Å². The van der Waals surface area contributed by atoms with E-state index in [9.17, 15) is 10.1 Å². The molecule has 1 heterocycles. The average molecular weight is 204 g/mol. The summed E-state index contributed by atoms with van der Waals surface area (Å²) >= 11 is 0. The predicted molar refractivity (Wildman–Crippen MR) is 58.5 cm³/mol. The quantitative estimate of drug-likeness (QED) is 0.614. The molecule has 0 fully saturated rings. The number of benzene rings is 1. The van der Waals surface area contributed by atoms with Gasteiger partial charge >= 0.3 is 0 Å². The molecule has 2 aromatic rings. The maximum Gasteiger partial charge on any atom is 0.204 e. The normalized spacial score (nSPS) is 10.7. The second-order valence-electron chi connectivity index (χ2n) is 3.54. The lowest BCUT2D eigenvalue weighted by molar-refractivity contribution is -0.480. The molecule has 4 nitrogen and oxygen atoms in total. The van der Waals surface area contributed by atoms with Gasteiger partial charge in [0.15, 0.2) is 0 Å². The molecule has 0 saturated heterocycles. The van der Waals surface area contributed by atoms with E-state index in [1.807, 2.05) is 24.3 Å². The SMILES string of the molecule is O=[N+]([O-])CCCc1cc2ccccc2[nH]1. The molecule has 4 heteroatoms. The second kappa shape index (κ2) is 4.13.